The lowest BCUT2D eigenvalue weighted by Gasteiger charge is -2.53. The third kappa shape index (κ3) is 3.89. The number of hydrogen-bond donors (Lipinski definition) is 1. The van der Waals surface area contributed by atoms with Gasteiger partial charge >= 0.3 is 17.9 Å². The van der Waals surface area contributed by atoms with Crippen LogP contribution in [0.5, 0.6) is 5.75 Å². The molecule has 5 saturated carbocycles. The molecule has 5 bridgehead atoms. The number of ether oxygens (including phenoxy) is 3. The Balaban J connectivity index is 1.02. The maximum atomic E-state index is 13.8. The van der Waals surface area contributed by atoms with Crippen LogP contribution in [0.2, 0.25) is 0 Å². The maximum Gasteiger partial charge on any atom is 0.315 e. The molecule has 0 aromatic heterocycles. The zero-order valence-electron chi connectivity index (χ0n) is 22.4. The predicted molar refractivity (Wildman–Crippen MR) is 143 cm³/mol. The van der Waals surface area contributed by atoms with Gasteiger partial charge < -0.3 is 14.2 Å². The van der Waals surface area contributed by atoms with Crippen LogP contribution in [0.4, 0.5) is 0 Å². The minimum Gasteiger partial charge on any atom is -0.458 e. The van der Waals surface area contributed by atoms with Gasteiger partial charge in [0.05, 0.1) is 22.1 Å². The summed E-state index contributed by atoms with van der Waals surface area (Å²) in [5.41, 5.74) is -0.454. The Morgan fingerprint density at radius 1 is 0.951 bits per heavy atom. The van der Waals surface area contributed by atoms with Gasteiger partial charge in [0.25, 0.3) is 10.1 Å². The van der Waals surface area contributed by atoms with E-state index in [-0.39, 0.29) is 28.5 Å². The van der Waals surface area contributed by atoms with Crippen LogP contribution in [0.1, 0.15) is 51.4 Å². The van der Waals surface area contributed by atoms with Crippen molar-refractivity contribution in [2.24, 2.45) is 46.8 Å². The van der Waals surface area contributed by atoms with Crippen LogP contribution in [0, 0.1) is 46.8 Å². The van der Waals surface area contributed by atoms with E-state index in [9.17, 15) is 27.4 Å². The Hall–Kier alpha value is -2.98. The molecule has 0 spiro atoms. The van der Waals surface area contributed by atoms with E-state index in [1.807, 2.05) is 0 Å². The Kier molecular flexibility index (Phi) is 5.50. The zero-order chi connectivity index (χ0) is 28.3. The van der Waals surface area contributed by atoms with Gasteiger partial charge in [0, 0.05) is 11.8 Å². The van der Waals surface area contributed by atoms with Gasteiger partial charge in [-0.25, -0.2) is 0 Å². The highest BCUT2D eigenvalue weighted by Crippen LogP contribution is 2.61. The molecule has 6 aliphatic rings. The van der Waals surface area contributed by atoms with E-state index in [0.29, 0.717) is 29.0 Å². The average molecular weight is 581 g/mol. The number of fused-ring (bicyclic) bond motifs is 4. The van der Waals surface area contributed by atoms with Gasteiger partial charge in [0.2, 0.25) is 0 Å². The predicted octanol–water partition coefficient (Wildman–Crippen LogP) is 4.32. The smallest absolute Gasteiger partial charge is 0.315 e. The third-order valence-corrected chi connectivity index (χ3v) is 12.2. The molecule has 2 aromatic carbocycles. The average Bonchev–Trinajstić information content (AvgIpc) is 3.55. The van der Waals surface area contributed by atoms with Crippen molar-refractivity contribution in [2.45, 2.75) is 68.5 Å². The lowest BCUT2D eigenvalue weighted by atomic mass is 9.51. The summed E-state index contributed by atoms with van der Waals surface area (Å²) in [7, 11) is -4.34. The van der Waals surface area contributed by atoms with Crippen LogP contribution in [0.3, 0.4) is 0 Å². The first-order valence-corrected chi connectivity index (χ1v) is 16.2. The van der Waals surface area contributed by atoms with Crippen molar-refractivity contribution in [3.8, 4) is 5.75 Å². The minimum absolute atomic E-state index is 0.169. The lowest BCUT2D eigenvalue weighted by molar-refractivity contribution is -0.184. The first-order chi connectivity index (χ1) is 19.6. The standard InChI is InChI=1S/C31H32O9S/c32-28(38-20-5-3-18-11-21(41(35,36)37)6-4-17(18)10-20)24-23-12-22-25(24)29(33)39-26(22)27(23)40-30(34)31-8-7-16-2-1-15(13-31)9-19(16)14-31/h3-6,10-11,15-16,19,22-27H,1-2,7-9,12-14H2,(H,35,36,37). The number of carbonyl (C=O) groups excluding carboxylic acids is 3. The van der Waals surface area contributed by atoms with Crippen molar-refractivity contribution < 1.29 is 41.6 Å². The van der Waals surface area contributed by atoms with E-state index >= 15 is 0 Å². The van der Waals surface area contributed by atoms with Crippen molar-refractivity contribution in [3.63, 3.8) is 0 Å². The van der Waals surface area contributed by atoms with Gasteiger partial charge in [-0.05, 0) is 97.7 Å². The normalized spacial score (nSPS) is 40.0. The van der Waals surface area contributed by atoms with E-state index < -0.39 is 51.5 Å². The molecule has 8 rings (SSSR count). The number of benzene rings is 2. The van der Waals surface area contributed by atoms with Gasteiger partial charge in [-0.3, -0.25) is 18.9 Å². The molecule has 10 atom stereocenters. The van der Waals surface area contributed by atoms with Crippen molar-refractivity contribution >= 4 is 38.8 Å². The number of rotatable bonds is 5. The highest BCUT2D eigenvalue weighted by Gasteiger charge is 2.70. The van der Waals surface area contributed by atoms with Crippen molar-refractivity contribution in [1.29, 1.82) is 0 Å². The topological polar surface area (TPSA) is 133 Å². The number of esters is 3. The van der Waals surface area contributed by atoms with Crippen LogP contribution in [0.25, 0.3) is 10.8 Å². The van der Waals surface area contributed by atoms with Crippen LogP contribution in [-0.4, -0.2) is 43.1 Å². The molecule has 0 amide bonds. The Bertz CT molecular complexity index is 1600. The molecule has 5 aliphatic carbocycles. The molecule has 6 fully saturated rings. The van der Waals surface area contributed by atoms with E-state index in [1.165, 1.54) is 37.5 Å². The SMILES string of the molecule is O=C1OC2C3CC(C2OC(=O)C24CCC5CCC(CC5C2)C4)C(C(=O)Oc2ccc4cc(S(=O)(=O)O)ccc4c2)C13. The van der Waals surface area contributed by atoms with Gasteiger partial charge in [0.15, 0.2) is 0 Å². The van der Waals surface area contributed by atoms with Crippen LogP contribution in [-0.2, 0) is 34.0 Å². The highest BCUT2D eigenvalue weighted by molar-refractivity contribution is 7.85. The van der Waals surface area contributed by atoms with Crippen LogP contribution < -0.4 is 4.74 Å². The van der Waals surface area contributed by atoms with Crippen molar-refractivity contribution in [2.75, 3.05) is 0 Å². The summed E-state index contributed by atoms with van der Waals surface area (Å²) < 4.78 is 50.0. The molecule has 1 aliphatic heterocycles. The van der Waals surface area contributed by atoms with Gasteiger partial charge in [-0.1, -0.05) is 18.6 Å². The van der Waals surface area contributed by atoms with Gasteiger partial charge in [-0.15, -0.1) is 0 Å². The molecule has 1 N–H and O–H groups in total. The van der Waals surface area contributed by atoms with Crippen LogP contribution >= 0.6 is 0 Å². The lowest BCUT2D eigenvalue weighted by Crippen LogP contribution is -2.51. The largest absolute Gasteiger partial charge is 0.458 e. The fourth-order valence-electron chi connectivity index (χ4n) is 9.64. The van der Waals surface area contributed by atoms with Crippen LogP contribution in [0.15, 0.2) is 41.3 Å². The first kappa shape index (κ1) is 25.7. The summed E-state index contributed by atoms with van der Waals surface area (Å²) in [4.78, 5) is 40.1. The van der Waals surface area contributed by atoms with E-state index in [2.05, 4.69) is 0 Å². The fraction of sp³-hybridized carbons (Fsp3) is 0.581. The molecule has 1 heterocycles. The first-order valence-electron chi connectivity index (χ1n) is 14.7. The molecule has 10 heteroatoms. The summed E-state index contributed by atoms with van der Waals surface area (Å²) >= 11 is 0. The summed E-state index contributed by atoms with van der Waals surface area (Å²) in [6, 6.07) is 8.89. The summed E-state index contributed by atoms with van der Waals surface area (Å²) in [6.45, 7) is 0. The van der Waals surface area contributed by atoms with E-state index in [1.54, 1.807) is 18.2 Å². The molecule has 9 nitrogen and oxygen atoms in total. The Morgan fingerprint density at radius 2 is 1.76 bits per heavy atom. The third-order valence-electron chi connectivity index (χ3n) is 11.4. The van der Waals surface area contributed by atoms with Gasteiger partial charge in [0.1, 0.15) is 18.0 Å². The zero-order valence-corrected chi connectivity index (χ0v) is 23.3. The minimum atomic E-state index is -4.34. The molecular formula is C31H32O9S. The molecule has 1 saturated heterocycles. The van der Waals surface area contributed by atoms with Gasteiger partial charge in [-0.2, -0.15) is 8.42 Å². The highest BCUT2D eigenvalue weighted by atomic mass is 32.2. The quantitative estimate of drug-likeness (QED) is 0.312. The fourth-order valence-corrected chi connectivity index (χ4v) is 10.2. The summed E-state index contributed by atoms with van der Waals surface area (Å²) in [6.07, 6.45) is 6.82. The van der Waals surface area contributed by atoms with E-state index in [4.69, 9.17) is 14.2 Å². The van der Waals surface area contributed by atoms with Crippen molar-refractivity contribution in [3.05, 3.63) is 36.4 Å². The second-order valence-corrected chi connectivity index (χ2v) is 14.8. The second-order valence-electron chi connectivity index (χ2n) is 13.4. The summed E-state index contributed by atoms with van der Waals surface area (Å²) in [5, 5.41) is 1.17. The second kappa shape index (κ2) is 8.77. The molecule has 216 valence electrons. The Labute approximate surface area is 237 Å². The summed E-state index contributed by atoms with van der Waals surface area (Å²) in [5.74, 6) is -0.868. The molecular weight excluding hydrogens is 548 g/mol. The maximum absolute atomic E-state index is 13.8. The molecule has 0 radical (unpaired) electrons. The number of hydrogen-bond acceptors (Lipinski definition) is 8. The van der Waals surface area contributed by atoms with Crippen molar-refractivity contribution in [1.82, 2.24) is 0 Å². The molecule has 10 unspecified atom stereocenters. The van der Waals surface area contributed by atoms with E-state index in [0.717, 1.165) is 31.6 Å². The molecule has 2 aromatic rings. The number of carbonyl (C=O) groups is 3. The Morgan fingerprint density at radius 3 is 2.59 bits per heavy atom. The molecule has 41 heavy (non-hydrogen) atoms. The monoisotopic (exact) mass is 580 g/mol.